The Labute approximate surface area is 111 Å². The van der Waals surface area contributed by atoms with Gasteiger partial charge in [-0.2, -0.15) is 5.10 Å². The van der Waals surface area contributed by atoms with E-state index < -0.39 is 0 Å². The van der Waals surface area contributed by atoms with Gasteiger partial charge in [0.1, 0.15) is 11.5 Å². The van der Waals surface area contributed by atoms with E-state index in [2.05, 4.69) is 10.4 Å². The molecule has 0 aliphatic carbocycles. The molecule has 1 N–H and O–H groups in total. The smallest absolute Gasteiger partial charge is 0.255 e. The maximum absolute atomic E-state index is 12.2. The number of fused-ring (bicyclic) bond motifs is 1. The number of rotatable bonds is 2. The molecule has 0 aromatic carbocycles. The molecule has 0 radical (unpaired) electrons. The van der Waals surface area contributed by atoms with Crippen molar-refractivity contribution in [1.82, 2.24) is 15.1 Å². The van der Waals surface area contributed by atoms with E-state index >= 15 is 0 Å². The van der Waals surface area contributed by atoms with Gasteiger partial charge in [-0.1, -0.05) is 0 Å². The maximum Gasteiger partial charge on any atom is 0.255 e. The first-order valence-electron chi connectivity index (χ1n) is 6.52. The number of nitrogens with one attached hydrogen (secondary N) is 1. The van der Waals surface area contributed by atoms with Gasteiger partial charge in [0.2, 0.25) is 0 Å². The molecule has 0 fully saturated rings. The molecule has 3 heterocycles. The van der Waals surface area contributed by atoms with Gasteiger partial charge in [-0.05, 0) is 32.4 Å². The molecule has 100 valence electrons. The molecular formula is C14H17N3O2. The molecule has 0 bridgehead atoms. The van der Waals surface area contributed by atoms with E-state index in [-0.39, 0.29) is 11.9 Å². The summed E-state index contributed by atoms with van der Waals surface area (Å²) in [6.07, 6.45) is 3.56. The van der Waals surface area contributed by atoms with E-state index in [9.17, 15) is 4.79 Å². The summed E-state index contributed by atoms with van der Waals surface area (Å²) >= 11 is 0. The van der Waals surface area contributed by atoms with Crippen LogP contribution in [0.1, 0.15) is 34.0 Å². The Kier molecular flexibility index (Phi) is 2.89. The van der Waals surface area contributed by atoms with E-state index in [0.717, 1.165) is 25.1 Å². The second-order valence-electron chi connectivity index (χ2n) is 5.04. The van der Waals surface area contributed by atoms with Crippen LogP contribution in [0.15, 0.2) is 22.7 Å². The normalized spacial score (nSPS) is 18.1. The number of aromatic nitrogens is 2. The summed E-state index contributed by atoms with van der Waals surface area (Å²) in [5.41, 5.74) is 1.81. The lowest BCUT2D eigenvalue weighted by Crippen LogP contribution is -2.40. The summed E-state index contributed by atoms with van der Waals surface area (Å²) in [6, 6.07) is 3.97. The second kappa shape index (κ2) is 4.57. The Morgan fingerprint density at radius 3 is 3.11 bits per heavy atom. The number of carbonyl (C=O) groups excluding carboxylic acids is 1. The topological polar surface area (TPSA) is 60.1 Å². The number of amides is 1. The van der Waals surface area contributed by atoms with Crippen molar-refractivity contribution in [2.24, 2.45) is 0 Å². The first-order valence-corrected chi connectivity index (χ1v) is 6.52. The molecule has 3 rings (SSSR count). The Morgan fingerprint density at radius 2 is 2.37 bits per heavy atom. The molecule has 1 amide bonds. The summed E-state index contributed by atoms with van der Waals surface area (Å²) in [6.45, 7) is 4.53. The van der Waals surface area contributed by atoms with Crippen molar-refractivity contribution in [1.29, 1.82) is 0 Å². The van der Waals surface area contributed by atoms with Crippen LogP contribution in [0, 0.1) is 13.8 Å². The first-order chi connectivity index (χ1) is 9.13. The number of aryl methyl sites for hydroxylation is 3. The number of hydrogen-bond acceptors (Lipinski definition) is 3. The van der Waals surface area contributed by atoms with Crippen molar-refractivity contribution < 1.29 is 9.21 Å². The molecule has 19 heavy (non-hydrogen) atoms. The lowest BCUT2D eigenvalue weighted by atomic mass is 10.0. The summed E-state index contributed by atoms with van der Waals surface area (Å²) < 4.78 is 7.39. The molecule has 0 spiro atoms. The van der Waals surface area contributed by atoms with Crippen molar-refractivity contribution in [2.45, 2.75) is 39.3 Å². The molecule has 0 saturated heterocycles. The van der Waals surface area contributed by atoms with E-state index in [1.165, 1.54) is 5.69 Å². The van der Waals surface area contributed by atoms with Crippen LogP contribution in [0.2, 0.25) is 0 Å². The molecular weight excluding hydrogens is 242 g/mol. The third kappa shape index (κ3) is 2.28. The fourth-order valence-electron chi connectivity index (χ4n) is 2.61. The Morgan fingerprint density at radius 1 is 1.53 bits per heavy atom. The zero-order valence-electron chi connectivity index (χ0n) is 11.1. The minimum Gasteiger partial charge on any atom is -0.466 e. The minimum absolute atomic E-state index is 0.0488. The fourth-order valence-corrected chi connectivity index (χ4v) is 2.61. The average molecular weight is 259 g/mol. The Hall–Kier alpha value is -2.04. The largest absolute Gasteiger partial charge is 0.466 e. The quantitative estimate of drug-likeness (QED) is 0.895. The predicted octanol–water partition coefficient (Wildman–Crippen LogP) is 1.84. The lowest BCUT2D eigenvalue weighted by molar-refractivity contribution is 0.0928. The van der Waals surface area contributed by atoms with Gasteiger partial charge in [0.05, 0.1) is 5.56 Å². The van der Waals surface area contributed by atoms with Crippen LogP contribution >= 0.6 is 0 Å². The van der Waals surface area contributed by atoms with Gasteiger partial charge >= 0.3 is 0 Å². The monoisotopic (exact) mass is 259 g/mol. The van der Waals surface area contributed by atoms with Crippen molar-refractivity contribution in [2.75, 3.05) is 0 Å². The van der Waals surface area contributed by atoms with Crippen molar-refractivity contribution in [3.05, 3.63) is 41.1 Å². The first kappa shape index (κ1) is 12.0. The fraction of sp³-hybridized carbons (Fsp3) is 0.429. The zero-order chi connectivity index (χ0) is 13.4. The number of hydrogen-bond donors (Lipinski definition) is 1. The lowest BCUT2D eigenvalue weighted by Gasteiger charge is -2.24. The SMILES string of the molecule is Cc1cc(C(=O)N[C@@H]2CCn3nccc3C2)c(C)o1. The molecule has 1 atom stereocenters. The van der Waals surface area contributed by atoms with Gasteiger partial charge < -0.3 is 9.73 Å². The number of carbonyl (C=O) groups is 1. The summed E-state index contributed by atoms with van der Waals surface area (Å²) in [4.78, 5) is 12.2. The molecule has 5 nitrogen and oxygen atoms in total. The predicted molar refractivity (Wildman–Crippen MR) is 70.0 cm³/mol. The third-order valence-corrected chi connectivity index (χ3v) is 3.57. The number of furan rings is 1. The third-order valence-electron chi connectivity index (χ3n) is 3.57. The van der Waals surface area contributed by atoms with Crippen LogP contribution in [0.4, 0.5) is 0 Å². The van der Waals surface area contributed by atoms with Gasteiger partial charge in [0, 0.05) is 30.9 Å². The molecule has 1 aliphatic rings. The maximum atomic E-state index is 12.2. The summed E-state index contributed by atoms with van der Waals surface area (Å²) in [7, 11) is 0. The molecule has 1 aliphatic heterocycles. The molecule has 2 aromatic rings. The van der Waals surface area contributed by atoms with E-state index in [1.807, 2.05) is 30.8 Å². The highest BCUT2D eigenvalue weighted by molar-refractivity contribution is 5.95. The van der Waals surface area contributed by atoms with Crippen molar-refractivity contribution in [3.8, 4) is 0 Å². The van der Waals surface area contributed by atoms with Crippen LogP contribution in [0.25, 0.3) is 0 Å². The van der Waals surface area contributed by atoms with Crippen LogP contribution in [0.5, 0.6) is 0 Å². The highest BCUT2D eigenvalue weighted by atomic mass is 16.3. The number of nitrogens with zero attached hydrogens (tertiary/aromatic N) is 2. The van der Waals surface area contributed by atoms with Crippen molar-refractivity contribution >= 4 is 5.91 Å². The average Bonchev–Trinajstić information content (AvgIpc) is 2.94. The van der Waals surface area contributed by atoms with Crippen LogP contribution in [0.3, 0.4) is 0 Å². The van der Waals surface area contributed by atoms with E-state index in [1.54, 1.807) is 6.07 Å². The van der Waals surface area contributed by atoms with Gasteiger partial charge in [-0.3, -0.25) is 9.48 Å². The van der Waals surface area contributed by atoms with Gasteiger partial charge in [0.15, 0.2) is 0 Å². The van der Waals surface area contributed by atoms with E-state index in [4.69, 9.17) is 4.42 Å². The Balaban J connectivity index is 1.70. The zero-order valence-corrected chi connectivity index (χ0v) is 11.1. The molecule has 5 heteroatoms. The minimum atomic E-state index is -0.0488. The van der Waals surface area contributed by atoms with Gasteiger partial charge in [0.25, 0.3) is 5.91 Å². The Bertz CT molecular complexity index is 612. The van der Waals surface area contributed by atoms with Crippen LogP contribution < -0.4 is 5.32 Å². The van der Waals surface area contributed by atoms with Crippen molar-refractivity contribution in [3.63, 3.8) is 0 Å². The van der Waals surface area contributed by atoms with Gasteiger partial charge in [-0.25, -0.2) is 0 Å². The van der Waals surface area contributed by atoms with E-state index in [0.29, 0.717) is 11.3 Å². The van der Waals surface area contributed by atoms with Crippen LogP contribution in [-0.2, 0) is 13.0 Å². The van der Waals surface area contributed by atoms with Gasteiger partial charge in [-0.15, -0.1) is 0 Å². The van der Waals surface area contributed by atoms with Crippen LogP contribution in [-0.4, -0.2) is 21.7 Å². The summed E-state index contributed by atoms with van der Waals surface area (Å²) in [5, 5.41) is 7.31. The summed E-state index contributed by atoms with van der Waals surface area (Å²) in [5.74, 6) is 1.40. The molecule has 2 aromatic heterocycles. The second-order valence-corrected chi connectivity index (χ2v) is 5.04. The molecule has 0 saturated carbocycles. The molecule has 0 unspecified atom stereocenters. The highest BCUT2D eigenvalue weighted by Gasteiger charge is 2.22. The standard InChI is InChI=1S/C14H17N3O2/c1-9-7-13(10(2)19-9)14(18)16-11-4-6-17-12(8-11)3-5-15-17/h3,5,7,11H,4,6,8H2,1-2H3,(H,16,18)/t11-/m1/s1. The highest BCUT2D eigenvalue weighted by Crippen LogP contribution is 2.17.